The highest BCUT2D eigenvalue weighted by atomic mass is 79.9. The van der Waals surface area contributed by atoms with Crippen molar-refractivity contribution in [1.29, 1.82) is 0 Å². The van der Waals surface area contributed by atoms with Crippen LogP contribution in [0.5, 0.6) is 5.75 Å². The van der Waals surface area contributed by atoms with E-state index in [0.717, 1.165) is 15.6 Å². The molecule has 0 saturated heterocycles. The zero-order chi connectivity index (χ0) is 22.6. The van der Waals surface area contributed by atoms with E-state index in [4.69, 9.17) is 9.47 Å². The van der Waals surface area contributed by atoms with Gasteiger partial charge in [-0.05, 0) is 53.3 Å². The first kappa shape index (κ1) is 23.1. The van der Waals surface area contributed by atoms with Crippen molar-refractivity contribution in [3.63, 3.8) is 0 Å². The number of benzene rings is 2. The van der Waals surface area contributed by atoms with Gasteiger partial charge < -0.3 is 9.47 Å². The third-order valence-corrected chi connectivity index (χ3v) is 6.23. The predicted molar refractivity (Wildman–Crippen MR) is 124 cm³/mol. The molecule has 3 rings (SSSR count). The van der Waals surface area contributed by atoms with Gasteiger partial charge in [-0.15, -0.1) is 5.92 Å². The Morgan fingerprint density at radius 1 is 1.23 bits per heavy atom. The molecule has 2 unspecified atom stereocenters. The second-order valence-electron chi connectivity index (χ2n) is 8.42. The average molecular weight is 483 g/mol. The van der Waals surface area contributed by atoms with Crippen LogP contribution in [0, 0.1) is 11.8 Å². The Bertz CT molecular complexity index is 1030. The number of ether oxygens (including phenoxy) is 2. The van der Waals surface area contributed by atoms with Crippen LogP contribution in [0.3, 0.4) is 0 Å². The number of esters is 1. The molecule has 0 bridgehead atoms. The van der Waals surface area contributed by atoms with E-state index in [0.29, 0.717) is 18.8 Å². The van der Waals surface area contributed by atoms with E-state index in [2.05, 4.69) is 47.7 Å². The molecule has 2 aromatic carbocycles. The molecule has 162 valence electrons. The van der Waals surface area contributed by atoms with Crippen molar-refractivity contribution in [2.45, 2.75) is 50.9 Å². The highest BCUT2D eigenvalue weighted by Gasteiger charge is 2.38. The minimum Gasteiger partial charge on any atom is -0.492 e. The fourth-order valence-electron chi connectivity index (χ4n) is 4.08. The quantitative estimate of drug-likeness (QED) is 0.401. The first-order chi connectivity index (χ1) is 14.7. The SMILES string of the molecule is CC#CC(CC(=O)OC)c1ccc(OCC2C(=O)CC(C)(C)c3cc(Br)ccc32)cc1. The van der Waals surface area contributed by atoms with Gasteiger partial charge in [0.15, 0.2) is 0 Å². The van der Waals surface area contributed by atoms with Crippen molar-refractivity contribution in [1.82, 2.24) is 0 Å². The van der Waals surface area contributed by atoms with Gasteiger partial charge in [-0.3, -0.25) is 9.59 Å². The second kappa shape index (κ2) is 9.70. The number of Topliss-reactive ketones (excluding diaryl/α,β-unsaturated/α-hetero) is 1. The molecular formula is C26H27BrO4. The molecule has 0 heterocycles. The maximum Gasteiger partial charge on any atom is 0.307 e. The third-order valence-electron chi connectivity index (χ3n) is 5.74. The van der Waals surface area contributed by atoms with Crippen molar-refractivity contribution >= 4 is 27.7 Å². The summed E-state index contributed by atoms with van der Waals surface area (Å²) in [6.07, 6.45) is 0.699. The fraction of sp³-hybridized carbons (Fsp3) is 0.385. The van der Waals surface area contributed by atoms with Crippen molar-refractivity contribution in [3.05, 3.63) is 63.6 Å². The van der Waals surface area contributed by atoms with Crippen LogP contribution in [0.15, 0.2) is 46.9 Å². The summed E-state index contributed by atoms with van der Waals surface area (Å²) in [6, 6.07) is 13.6. The summed E-state index contributed by atoms with van der Waals surface area (Å²) in [5.74, 6) is 6.01. The van der Waals surface area contributed by atoms with E-state index >= 15 is 0 Å². The highest BCUT2D eigenvalue weighted by molar-refractivity contribution is 9.10. The maximum atomic E-state index is 12.9. The zero-order valence-corrected chi connectivity index (χ0v) is 19.9. The molecule has 0 saturated carbocycles. The number of fused-ring (bicyclic) bond motifs is 1. The molecule has 31 heavy (non-hydrogen) atoms. The van der Waals surface area contributed by atoms with Gasteiger partial charge in [-0.2, -0.15) is 0 Å². The van der Waals surface area contributed by atoms with Crippen LogP contribution in [0.4, 0.5) is 0 Å². The monoisotopic (exact) mass is 482 g/mol. The lowest BCUT2D eigenvalue weighted by Crippen LogP contribution is -2.35. The molecule has 1 aliphatic rings. The van der Waals surface area contributed by atoms with E-state index in [-0.39, 0.29) is 35.4 Å². The van der Waals surface area contributed by atoms with E-state index in [1.54, 1.807) is 6.92 Å². The van der Waals surface area contributed by atoms with E-state index < -0.39 is 0 Å². The minimum absolute atomic E-state index is 0.191. The summed E-state index contributed by atoms with van der Waals surface area (Å²) >= 11 is 3.55. The molecule has 0 amide bonds. The lowest BCUT2D eigenvalue weighted by Gasteiger charge is -2.36. The first-order valence-electron chi connectivity index (χ1n) is 10.3. The van der Waals surface area contributed by atoms with Crippen LogP contribution in [-0.2, 0) is 19.7 Å². The second-order valence-corrected chi connectivity index (χ2v) is 9.33. The number of carbonyl (C=O) groups excluding carboxylic acids is 2. The average Bonchev–Trinajstić information content (AvgIpc) is 2.73. The van der Waals surface area contributed by atoms with Crippen molar-refractivity contribution in [2.75, 3.05) is 13.7 Å². The Hall–Kier alpha value is -2.58. The summed E-state index contributed by atoms with van der Waals surface area (Å²) in [7, 11) is 1.38. The summed E-state index contributed by atoms with van der Waals surface area (Å²) < 4.78 is 11.8. The Kier molecular flexibility index (Phi) is 7.23. The van der Waals surface area contributed by atoms with E-state index in [1.807, 2.05) is 36.4 Å². The summed E-state index contributed by atoms with van der Waals surface area (Å²) in [6.45, 7) is 6.26. The molecule has 0 radical (unpaired) electrons. The Labute approximate surface area is 192 Å². The largest absolute Gasteiger partial charge is 0.492 e. The number of rotatable bonds is 6. The van der Waals surface area contributed by atoms with Crippen LogP contribution in [-0.4, -0.2) is 25.5 Å². The molecule has 0 aromatic heterocycles. The van der Waals surface area contributed by atoms with Crippen LogP contribution in [0.1, 0.15) is 62.1 Å². The summed E-state index contributed by atoms with van der Waals surface area (Å²) in [5.41, 5.74) is 2.97. The van der Waals surface area contributed by atoms with Gasteiger partial charge in [0.05, 0.1) is 25.4 Å². The van der Waals surface area contributed by atoms with Gasteiger partial charge in [-0.25, -0.2) is 0 Å². The Balaban J connectivity index is 1.75. The smallest absolute Gasteiger partial charge is 0.307 e. The molecule has 2 aromatic rings. The standard InChI is InChI=1S/C26H27BrO4/c1-5-6-18(13-25(29)30-4)17-7-10-20(11-8-17)31-16-22-21-12-9-19(27)14-23(21)26(2,3)15-24(22)28/h7-12,14,18,22H,13,15-16H2,1-4H3. The van der Waals surface area contributed by atoms with Crippen molar-refractivity contribution < 1.29 is 19.1 Å². The van der Waals surface area contributed by atoms with Crippen molar-refractivity contribution in [2.24, 2.45) is 0 Å². The van der Waals surface area contributed by atoms with Gasteiger partial charge in [0.25, 0.3) is 0 Å². The Morgan fingerprint density at radius 2 is 1.94 bits per heavy atom. The molecule has 5 heteroatoms. The molecule has 2 atom stereocenters. The van der Waals surface area contributed by atoms with Crippen molar-refractivity contribution in [3.8, 4) is 17.6 Å². The van der Waals surface area contributed by atoms with Gasteiger partial charge >= 0.3 is 5.97 Å². The van der Waals surface area contributed by atoms with Crippen LogP contribution in [0.25, 0.3) is 0 Å². The van der Waals surface area contributed by atoms with Gasteiger partial charge in [0, 0.05) is 10.9 Å². The molecule has 1 aliphatic carbocycles. The first-order valence-corrected chi connectivity index (χ1v) is 11.1. The number of carbonyl (C=O) groups is 2. The number of halogens is 1. The lowest BCUT2D eigenvalue weighted by molar-refractivity contribution is -0.140. The minimum atomic E-state index is -0.294. The molecule has 0 spiro atoms. The Morgan fingerprint density at radius 3 is 2.58 bits per heavy atom. The number of hydrogen-bond donors (Lipinski definition) is 0. The topological polar surface area (TPSA) is 52.6 Å². The zero-order valence-electron chi connectivity index (χ0n) is 18.3. The predicted octanol–water partition coefficient (Wildman–Crippen LogP) is 5.53. The number of ketones is 1. The maximum absolute atomic E-state index is 12.9. The van der Waals surface area contributed by atoms with Crippen LogP contribution in [0.2, 0.25) is 0 Å². The number of methoxy groups -OCH3 is 1. The summed E-state index contributed by atoms with van der Waals surface area (Å²) in [5, 5.41) is 0. The lowest BCUT2D eigenvalue weighted by atomic mass is 9.68. The third kappa shape index (κ3) is 5.37. The number of hydrogen-bond acceptors (Lipinski definition) is 4. The van der Waals surface area contributed by atoms with E-state index in [9.17, 15) is 9.59 Å². The van der Waals surface area contributed by atoms with Gasteiger partial charge in [-0.1, -0.05) is 53.9 Å². The normalized spacial score (nSPS) is 17.7. The van der Waals surface area contributed by atoms with Gasteiger partial charge in [0.1, 0.15) is 18.1 Å². The molecule has 4 nitrogen and oxygen atoms in total. The van der Waals surface area contributed by atoms with Gasteiger partial charge in [0.2, 0.25) is 0 Å². The highest BCUT2D eigenvalue weighted by Crippen LogP contribution is 2.42. The fourth-order valence-corrected chi connectivity index (χ4v) is 4.44. The van der Waals surface area contributed by atoms with E-state index in [1.165, 1.54) is 12.7 Å². The summed E-state index contributed by atoms with van der Waals surface area (Å²) in [4.78, 5) is 24.5. The van der Waals surface area contributed by atoms with Crippen LogP contribution < -0.4 is 4.74 Å². The van der Waals surface area contributed by atoms with Crippen LogP contribution >= 0.6 is 15.9 Å². The molecule has 0 N–H and O–H groups in total. The molecule has 0 fully saturated rings. The molecule has 0 aliphatic heterocycles. The molecular weight excluding hydrogens is 456 g/mol.